The number of nitrogens with zero attached hydrogens (tertiary/aromatic N) is 2. The molecule has 1 fully saturated rings. The third-order valence-corrected chi connectivity index (χ3v) is 4.59. The van der Waals surface area contributed by atoms with Crippen molar-refractivity contribution in [1.82, 2.24) is 9.47 Å². The number of carbonyl (C=O) groups excluding carboxylic acids is 1. The fraction of sp³-hybridized carbons (Fsp3) is 0.438. The minimum absolute atomic E-state index is 0.0245. The number of fused-ring (bicyclic) bond motifs is 1. The molecule has 1 amide bonds. The van der Waals surface area contributed by atoms with E-state index in [1.807, 2.05) is 48.9 Å². The van der Waals surface area contributed by atoms with E-state index in [0.29, 0.717) is 13.0 Å². The number of likely N-dealkylation sites (tertiary alicyclic amines) is 1. The van der Waals surface area contributed by atoms with Crippen LogP contribution >= 0.6 is 0 Å². The maximum absolute atomic E-state index is 12.6. The summed E-state index contributed by atoms with van der Waals surface area (Å²) >= 11 is 0. The second kappa shape index (κ2) is 4.77. The number of aromatic nitrogens is 1. The van der Waals surface area contributed by atoms with E-state index in [4.69, 9.17) is 5.73 Å². The van der Waals surface area contributed by atoms with Crippen LogP contribution in [0.4, 0.5) is 5.69 Å². The molecule has 1 atom stereocenters. The van der Waals surface area contributed by atoms with Crippen LogP contribution in [-0.2, 0) is 11.3 Å². The number of rotatable bonds is 2. The van der Waals surface area contributed by atoms with E-state index in [9.17, 15) is 9.90 Å². The predicted molar refractivity (Wildman–Crippen MR) is 82.8 cm³/mol. The van der Waals surface area contributed by atoms with Gasteiger partial charge in [0, 0.05) is 23.8 Å². The normalized spacial score (nSPS) is 21.1. The van der Waals surface area contributed by atoms with Crippen LogP contribution in [0.25, 0.3) is 10.9 Å². The Bertz CT molecular complexity index is 690. The Labute approximate surface area is 124 Å². The fourth-order valence-corrected chi connectivity index (χ4v) is 3.13. The highest BCUT2D eigenvalue weighted by Gasteiger charge is 2.42. The quantitative estimate of drug-likeness (QED) is 0.824. The lowest BCUT2D eigenvalue weighted by atomic mass is 9.99. The molecular formula is C16H21N3O2. The van der Waals surface area contributed by atoms with Gasteiger partial charge in [0.15, 0.2) is 0 Å². The summed E-state index contributed by atoms with van der Waals surface area (Å²) in [5.74, 6) is 0.0245. The highest BCUT2D eigenvalue weighted by molar-refractivity contribution is 5.92. The monoisotopic (exact) mass is 287 g/mol. The zero-order valence-corrected chi connectivity index (χ0v) is 12.4. The molecule has 0 bridgehead atoms. The van der Waals surface area contributed by atoms with Crippen LogP contribution in [0.1, 0.15) is 20.3 Å². The smallest absolute Gasteiger partial charge is 0.243 e. The zero-order chi connectivity index (χ0) is 15.2. The molecule has 0 spiro atoms. The number of aliphatic hydroxyl groups excluding tert-OH is 1. The summed E-state index contributed by atoms with van der Waals surface area (Å²) in [6.45, 7) is 4.69. The molecule has 0 aliphatic carbocycles. The van der Waals surface area contributed by atoms with E-state index in [0.717, 1.165) is 16.6 Å². The van der Waals surface area contributed by atoms with E-state index in [-0.39, 0.29) is 12.5 Å². The minimum Gasteiger partial charge on any atom is -0.398 e. The first-order chi connectivity index (χ1) is 9.91. The molecule has 3 rings (SSSR count). The Morgan fingerprint density at radius 2 is 2.19 bits per heavy atom. The van der Waals surface area contributed by atoms with Gasteiger partial charge >= 0.3 is 0 Å². The third kappa shape index (κ3) is 2.17. The van der Waals surface area contributed by atoms with Gasteiger partial charge in [-0.3, -0.25) is 4.79 Å². The highest BCUT2D eigenvalue weighted by atomic mass is 16.3. The van der Waals surface area contributed by atoms with Crippen molar-refractivity contribution in [3.8, 4) is 0 Å². The number of anilines is 1. The number of nitrogen functional groups attached to an aromatic ring is 1. The van der Waals surface area contributed by atoms with Gasteiger partial charge in [-0.25, -0.2) is 0 Å². The maximum atomic E-state index is 12.6. The summed E-state index contributed by atoms with van der Waals surface area (Å²) in [4.78, 5) is 14.3. The number of amides is 1. The molecule has 1 unspecified atom stereocenters. The molecule has 1 aromatic carbocycles. The van der Waals surface area contributed by atoms with Crippen LogP contribution in [0.15, 0.2) is 30.5 Å². The van der Waals surface area contributed by atoms with Crippen LogP contribution in [0.3, 0.4) is 0 Å². The molecule has 1 aliphatic heterocycles. The highest BCUT2D eigenvalue weighted by Crippen LogP contribution is 2.29. The Kier molecular flexibility index (Phi) is 3.17. The first kappa shape index (κ1) is 13.9. The SMILES string of the molecule is CC1(C)C(O)CCN1C(=O)Cn1ccc2c(N)cccc21. The van der Waals surface area contributed by atoms with E-state index in [2.05, 4.69) is 0 Å². The van der Waals surface area contributed by atoms with Crippen molar-refractivity contribution in [1.29, 1.82) is 0 Å². The van der Waals surface area contributed by atoms with Gasteiger partial charge < -0.3 is 20.3 Å². The van der Waals surface area contributed by atoms with Gasteiger partial charge in [0.1, 0.15) is 6.54 Å². The third-order valence-electron chi connectivity index (χ3n) is 4.59. The molecule has 3 N–H and O–H groups in total. The maximum Gasteiger partial charge on any atom is 0.243 e. The van der Waals surface area contributed by atoms with E-state index >= 15 is 0 Å². The zero-order valence-electron chi connectivity index (χ0n) is 12.4. The first-order valence-electron chi connectivity index (χ1n) is 7.23. The largest absolute Gasteiger partial charge is 0.398 e. The summed E-state index contributed by atoms with van der Waals surface area (Å²) in [5, 5.41) is 11.0. The Morgan fingerprint density at radius 3 is 2.86 bits per heavy atom. The van der Waals surface area contributed by atoms with Crippen LogP contribution in [0, 0.1) is 0 Å². The molecule has 0 saturated carbocycles. The lowest BCUT2D eigenvalue weighted by Crippen LogP contribution is -2.49. The molecule has 1 saturated heterocycles. The van der Waals surface area contributed by atoms with Crippen LogP contribution < -0.4 is 5.73 Å². The van der Waals surface area contributed by atoms with Gasteiger partial charge in [-0.05, 0) is 38.5 Å². The van der Waals surface area contributed by atoms with E-state index < -0.39 is 11.6 Å². The topological polar surface area (TPSA) is 71.5 Å². The van der Waals surface area contributed by atoms with E-state index in [1.54, 1.807) is 4.90 Å². The molecule has 5 nitrogen and oxygen atoms in total. The number of hydrogen-bond donors (Lipinski definition) is 2. The second-order valence-corrected chi connectivity index (χ2v) is 6.23. The van der Waals surface area contributed by atoms with Crippen LogP contribution in [0.2, 0.25) is 0 Å². The lowest BCUT2D eigenvalue weighted by Gasteiger charge is -2.34. The van der Waals surface area contributed by atoms with Crippen LogP contribution in [0.5, 0.6) is 0 Å². The summed E-state index contributed by atoms with van der Waals surface area (Å²) < 4.78 is 1.91. The first-order valence-corrected chi connectivity index (χ1v) is 7.23. The molecule has 2 aromatic rings. The Morgan fingerprint density at radius 1 is 1.43 bits per heavy atom. The molecule has 2 heterocycles. The summed E-state index contributed by atoms with van der Waals surface area (Å²) in [5.41, 5.74) is 7.12. The predicted octanol–water partition coefficient (Wildman–Crippen LogP) is 1.60. The standard InChI is InChI=1S/C16H21N3O2/c1-16(2)14(20)7-9-19(16)15(21)10-18-8-6-11-12(17)4-3-5-13(11)18/h3-6,8,14,20H,7,9-10,17H2,1-2H3. The second-order valence-electron chi connectivity index (χ2n) is 6.23. The van der Waals surface area contributed by atoms with Crippen molar-refractivity contribution in [2.24, 2.45) is 0 Å². The van der Waals surface area contributed by atoms with Crippen LogP contribution in [-0.4, -0.2) is 38.7 Å². The fourth-order valence-electron chi connectivity index (χ4n) is 3.13. The van der Waals surface area contributed by atoms with Gasteiger partial charge in [-0.15, -0.1) is 0 Å². The van der Waals surface area contributed by atoms with E-state index in [1.165, 1.54) is 0 Å². The van der Waals surface area contributed by atoms with Crippen molar-refractivity contribution >= 4 is 22.5 Å². The molecule has 1 aromatic heterocycles. The van der Waals surface area contributed by atoms with Crippen molar-refractivity contribution in [3.05, 3.63) is 30.5 Å². The number of hydrogen-bond acceptors (Lipinski definition) is 3. The van der Waals surface area contributed by atoms with Gasteiger partial charge in [-0.1, -0.05) is 6.07 Å². The summed E-state index contributed by atoms with van der Waals surface area (Å²) in [6, 6.07) is 7.64. The van der Waals surface area contributed by atoms with Gasteiger partial charge in [0.2, 0.25) is 5.91 Å². The van der Waals surface area contributed by atoms with Crippen molar-refractivity contribution in [2.45, 2.75) is 38.5 Å². The van der Waals surface area contributed by atoms with Crippen molar-refractivity contribution in [3.63, 3.8) is 0 Å². The Hall–Kier alpha value is -2.01. The molecule has 21 heavy (non-hydrogen) atoms. The van der Waals surface area contributed by atoms with Crippen molar-refractivity contribution in [2.75, 3.05) is 12.3 Å². The van der Waals surface area contributed by atoms with Gasteiger partial charge in [0.05, 0.1) is 17.2 Å². The number of aliphatic hydroxyl groups is 1. The van der Waals surface area contributed by atoms with Gasteiger partial charge in [0.25, 0.3) is 0 Å². The molecule has 112 valence electrons. The van der Waals surface area contributed by atoms with Gasteiger partial charge in [-0.2, -0.15) is 0 Å². The summed E-state index contributed by atoms with van der Waals surface area (Å²) in [7, 11) is 0. The molecular weight excluding hydrogens is 266 g/mol. The Balaban J connectivity index is 1.86. The molecule has 5 heteroatoms. The minimum atomic E-state index is -0.501. The molecule has 1 aliphatic rings. The average molecular weight is 287 g/mol. The molecule has 0 radical (unpaired) electrons. The average Bonchev–Trinajstić information content (AvgIpc) is 2.94. The number of carbonyl (C=O) groups is 1. The number of nitrogens with two attached hydrogens (primary N) is 1. The number of benzene rings is 1. The summed E-state index contributed by atoms with van der Waals surface area (Å²) in [6.07, 6.45) is 2.06. The lowest BCUT2D eigenvalue weighted by molar-refractivity contribution is -0.136. The van der Waals surface area contributed by atoms with Crippen molar-refractivity contribution < 1.29 is 9.90 Å².